The molecule has 0 radical (unpaired) electrons. The van der Waals surface area contributed by atoms with Gasteiger partial charge in [0.25, 0.3) is 0 Å². The van der Waals surface area contributed by atoms with E-state index in [0.717, 1.165) is 13.0 Å². The molecule has 0 spiro atoms. The molecule has 0 fully saturated rings. The molecule has 4 heteroatoms. The van der Waals surface area contributed by atoms with Gasteiger partial charge in [0.05, 0.1) is 0 Å². The highest BCUT2D eigenvalue weighted by Crippen LogP contribution is 2.11. The van der Waals surface area contributed by atoms with E-state index in [0.29, 0.717) is 5.54 Å². The van der Waals surface area contributed by atoms with E-state index < -0.39 is 9.76 Å². The Morgan fingerprint density at radius 1 is 1.60 bits per heavy atom. The summed E-state index contributed by atoms with van der Waals surface area (Å²) in [5, 5.41) is 0. The van der Waals surface area contributed by atoms with Crippen molar-refractivity contribution in [2.45, 2.75) is 24.9 Å². The smallest absolute Gasteiger partial charge is 0.165 e. The van der Waals surface area contributed by atoms with Gasteiger partial charge in [0.1, 0.15) is 0 Å². The molecule has 0 aliphatic heterocycles. The molecule has 0 aliphatic carbocycles. The van der Waals surface area contributed by atoms with Gasteiger partial charge in [0.2, 0.25) is 0 Å². The van der Waals surface area contributed by atoms with Gasteiger partial charge < -0.3 is 15.9 Å². The second-order valence-corrected chi connectivity index (χ2v) is 4.61. The Morgan fingerprint density at radius 3 is 2.50 bits per heavy atom. The van der Waals surface area contributed by atoms with E-state index in [-0.39, 0.29) is 6.04 Å². The van der Waals surface area contributed by atoms with Gasteiger partial charge in [-0.3, -0.25) is 0 Å². The molecule has 0 aliphatic rings. The molecule has 3 nitrogen and oxygen atoms in total. The summed E-state index contributed by atoms with van der Waals surface area (Å²) in [5.74, 6) is 0. The van der Waals surface area contributed by atoms with Gasteiger partial charge in [0, 0.05) is 13.2 Å². The van der Waals surface area contributed by atoms with Gasteiger partial charge >= 0.3 is 0 Å². The summed E-state index contributed by atoms with van der Waals surface area (Å²) < 4.78 is 5.12. The Morgan fingerprint density at radius 2 is 2.20 bits per heavy atom. The first-order valence-electron chi connectivity index (χ1n) is 3.67. The molecule has 62 valence electrons. The second-order valence-electron chi connectivity index (χ2n) is 2.65. The molecule has 10 heavy (non-hydrogen) atoms. The van der Waals surface area contributed by atoms with Crippen LogP contribution in [0.1, 0.15) is 13.3 Å². The van der Waals surface area contributed by atoms with E-state index in [1.807, 2.05) is 6.92 Å². The van der Waals surface area contributed by atoms with Gasteiger partial charge in [-0.2, -0.15) is 0 Å². The van der Waals surface area contributed by atoms with Crippen LogP contribution in [0.3, 0.4) is 0 Å². The van der Waals surface area contributed by atoms with E-state index in [1.165, 1.54) is 0 Å². The summed E-state index contributed by atoms with van der Waals surface area (Å²) >= 11 is 0. The standard InChI is InChI=1S/C6H18N2OSi/c1-5(8)6(3-4-7)10-9-2/h5-6H,3-4,7-8,10H2,1-2H3. The molecule has 0 bridgehead atoms. The van der Waals surface area contributed by atoms with Crippen LogP contribution in [0.2, 0.25) is 5.54 Å². The minimum absolute atomic E-state index is 0.246. The van der Waals surface area contributed by atoms with Crippen LogP contribution < -0.4 is 11.5 Å². The fourth-order valence-corrected chi connectivity index (χ4v) is 2.06. The zero-order valence-corrected chi connectivity index (χ0v) is 8.25. The topological polar surface area (TPSA) is 61.3 Å². The molecular weight excluding hydrogens is 144 g/mol. The highest BCUT2D eigenvalue weighted by atomic mass is 28.2. The van der Waals surface area contributed by atoms with E-state index in [9.17, 15) is 0 Å². The molecule has 0 aromatic carbocycles. The van der Waals surface area contributed by atoms with Gasteiger partial charge in [-0.1, -0.05) is 0 Å². The van der Waals surface area contributed by atoms with Crippen molar-refractivity contribution in [2.24, 2.45) is 11.5 Å². The first-order valence-corrected chi connectivity index (χ1v) is 5.06. The van der Waals surface area contributed by atoms with E-state index in [2.05, 4.69) is 0 Å². The van der Waals surface area contributed by atoms with Crippen LogP contribution in [0.25, 0.3) is 0 Å². The average molecular weight is 162 g/mol. The third-order valence-electron chi connectivity index (χ3n) is 1.66. The number of rotatable bonds is 5. The highest BCUT2D eigenvalue weighted by molar-refractivity contribution is 6.29. The van der Waals surface area contributed by atoms with Crippen LogP contribution in [0, 0.1) is 0 Å². The summed E-state index contributed by atoms with van der Waals surface area (Å²) in [4.78, 5) is 0. The van der Waals surface area contributed by atoms with Crippen molar-refractivity contribution in [3.8, 4) is 0 Å². The SMILES string of the molecule is CO[SiH2]C(CCN)C(C)N. The molecule has 0 saturated carbocycles. The van der Waals surface area contributed by atoms with Gasteiger partial charge in [-0.05, 0) is 25.4 Å². The maximum Gasteiger partial charge on any atom is 0.165 e. The molecule has 0 aromatic rings. The molecule has 0 saturated heterocycles. The fourth-order valence-electron chi connectivity index (χ4n) is 0.926. The van der Waals surface area contributed by atoms with Crippen molar-refractivity contribution in [3.63, 3.8) is 0 Å². The largest absolute Gasteiger partial charge is 0.427 e. The number of hydrogen-bond acceptors (Lipinski definition) is 3. The zero-order chi connectivity index (χ0) is 7.98. The van der Waals surface area contributed by atoms with Crippen molar-refractivity contribution in [3.05, 3.63) is 0 Å². The molecule has 0 aromatic heterocycles. The number of nitrogens with two attached hydrogens (primary N) is 2. The van der Waals surface area contributed by atoms with Crippen molar-refractivity contribution >= 4 is 9.76 Å². The lowest BCUT2D eigenvalue weighted by Crippen LogP contribution is -2.28. The Balaban J connectivity index is 3.50. The number of hydrogen-bond donors (Lipinski definition) is 2. The molecule has 0 heterocycles. The fraction of sp³-hybridized carbons (Fsp3) is 1.00. The predicted molar refractivity (Wildman–Crippen MR) is 46.6 cm³/mol. The van der Waals surface area contributed by atoms with Crippen LogP contribution in [0.4, 0.5) is 0 Å². The first kappa shape index (κ1) is 10.1. The minimum Gasteiger partial charge on any atom is -0.427 e. The minimum atomic E-state index is -0.428. The van der Waals surface area contributed by atoms with Crippen LogP contribution in [0.5, 0.6) is 0 Å². The molecule has 2 atom stereocenters. The maximum atomic E-state index is 5.71. The lowest BCUT2D eigenvalue weighted by Gasteiger charge is -2.17. The third-order valence-corrected chi connectivity index (χ3v) is 3.58. The van der Waals surface area contributed by atoms with E-state index >= 15 is 0 Å². The van der Waals surface area contributed by atoms with Crippen molar-refractivity contribution in [1.29, 1.82) is 0 Å². The highest BCUT2D eigenvalue weighted by Gasteiger charge is 2.12. The second kappa shape index (κ2) is 5.85. The Kier molecular flexibility index (Phi) is 5.91. The molecule has 0 amide bonds. The summed E-state index contributed by atoms with van der Waals surface area (Å²) in [5.41, 5.74) is 11.7. The van der Waals surface area contributed by atoms with Crippen LogP contribution in [-0.2, 0) is 4.43 Å². The van der Waals surface area contributed by atoms with Crippen molar-refractivity contribution in [1.82, 2.24) is 0 Å². The molecular formula is C6H18N2OSi. The van der Waals surface area contributed by atoms with Crippen molar-refractivity contribution in [2.75, 3.05) is 13.7 Å². The van der Waals surface area contributed by atoms with E-state index in [4.69, 9.17) is 15.9 Å². The van der Waals surface area contributed by atoms with Gasteiger partial charge in [-0.25, -0.2) is 0 Å². The third kappa shape index (κ3) is 4.00. The first-order chi connectivity index (χ1) is 4.72. The van der Waals surface area contributed by atoms with Gasteiger partial charge in [-0.15, -0.1) is 0 Å². The van der Waals surface area contributed by atoms with Gasteiger partial charge in [0.15, 0.2) is 9.76 Å². The van der Waals surface area contributed by atoms with Crippen LogP contribution in [-0.4, -0.2) is 29.5 Å². The van der Waals surface area contributed by atoms with E-state index in [1.54, 1.807) is 7.11 Å². The summed E-state index contributed by atoms with van der Waals surface area (Å²) in [7, 11) is 1.32. The monoisotopic (exact) mass is 162 g/mol. The summed E-state index contributed by atoms with van der Waals surface area (Å²) in [6.07, 6.45) is 1.01. The molecule has 4 N–H and O–H groups in total. The summed E-state index contributed by atoms with van der Waals surface area (Å²) in [6, 6.07) is 0.246. The Hall–Kier alpha value is 0.0969. The average Bonchev–Trinajstić information content (AvgIpc) is 1.87. The van der Waals surface area contributed by atoms with Crippen LogP contribution in [0.15, 0.2) is 0 Å². The molecule has 2 unspecified atom stereocenters. The Labute approximate surface area is 65.1 Å². The maximum absolute atomic E-state index is 5.71. The van der Waals surface area contributed by atoms with Crippen molar-refractivity contribution < 1.29 is 4.43 Å². The lowest BCUT2D eigenvalue weighted by molar-refractivity contribution is 0.417. The quantitative estimate of drug-likeness (QED) is 0.520. The molecule has 0 rings (SSSR count). The lowest BCUT2D eigenvalue weighted by atomic mass is 10.2. The Bertz CT molecular complexity index is 74.1. The summed E-state index contributed by atoms with van der Waals surface area (Å²) in [6.45, 7) is 2.74. The predicted octanol–water partition coefficient (Wildman–Crippen LogP) is -0.799. The van der Waals surface area contributed by atoms with Crippen LogP contribution >= 0.6 is 0 Å². The normalized spacial score (nSPS) is 18.0. The zero-order valence-electron chi connectivity index (χ0n) is 6.84.